The van der Waals surface area contributed by atoms with Crippen LogP contribution in [0.1, 0.15) is 12.5 Å². The van der Waals surface area contributed by atoms with Crippen molar-refractivity contribution < 1.29 is 13.2 Å². The van der Waals surface area contributed by atoms with Crippen molar-refractivity contribution in [1.29, 1.82) is 0 Å². The van der Waals surface area contributed by atoms with Gasteiger partial charge in [0.05, 0.1) is 0 Å². The zero-order valence-electron chi connectivity index (χ0n) is 9.64. The Kier molecular flexibility index (Phi) is 3.69. The third-order valence-corrected chi connectivity index (χ3v) is 2.94. The summed E-state index contributed by atoms with van der Waals surface area (Å²) in [6.45, 7) is 4.73. The SMILES string of the molecule is C[C@H]1CN(Cc2cc(F)c(F)cc2F)CCN1. The van der Waals surface area contributed by atoms with Crippen LogP contribution >= 0.6 is 0 Å². The van der Waals surface area contributed by atoms with Crippen molar-refractivity contribution in [3.05, 3.63) is 35.1 Å². The number of hydrogen-bond donors (Lipinski definition) is 1. The van der Waals surface area contributed by atoms with Crippen molar-refractivity contribution in [1.82, 2.24) is 10.2 Å². The van der Waals surface area contributed by atoms with Gasteiger partial charge in [-0.3, -0.25) is 4.90 Å². The quantitative estimate of drug-likeness (QED) is 0.799. The lowest BCUT2D eigenvalue weighted by molar-refractivity contribution is 0.197. The van der Waals surface area contributed by atoms with Gasteiger partial charge in [0, 0.05) is 43.9 Å². The van der Waals surface area contributed by atoms with Gasteiger partial charge < -0.3 is 5.32 Å². The van der Waals surface area contributed by atoms with Crippen molar-refractivity contribution in [2.75, 3.05) is 19.6 Å². The van der Waals surface area contributed by atoms with Gasteiger partial charge in [0.2, 0.25) is 0 Å². The minimum atomic E-state index is -1.14. The van der Waals surface area contributed by atoms with Crippen LogP contribution < -0.4 is 5.32 Å². The van der Waals surface area contributed by atoms with Gasteiger partial charge in [-0.1, -0.05) is 0 Å². The highest BCUT2D eigenvalue weighted by atomic mass is 19.2. The third kappa shape index (κ3) is 2.98. The molecule has 0 spiro atoms. The monoisotopic (exact) mass is 244 g/mol. The topological polar surface area (TPSA) is 15.3 Å². The van der Waals surface area contributed by atoms with E-state index >= 15 is 0 Å². The summed E-state index contributed by atoms with van der Waals surface area (Å²) in [6.07, 6.45) is 0. The Hall–Kier alpha value is -1.07. The van der Waals surface area contributed by atoms with Crippen molar-refractivity contribution in [3.8, 4) is 0 Å². The first-order chi connectivity index (χ1) is 8.06. The van der Waals surface area contributed by atoms with E-state index in [1.807, 2.05) is 11.8 Å². The zero-order chi connectivity index (χ0) is 12.4. The van der Waals surface area contributed by atoms with Crippen molar-refractivity contribution in [2.24, 2.45) is 0 Å². The van der Waals surface area contributed by atoms with Crippen LogP contribution in [0.25, 0.3) is 0 Å². The Morgan fingerprint density at radius 1 is 1.24 bits per heavy atom. The highest BCUT2D eigenvalue weighted by Crippen LogP contribution is 2.16. The van der Waals surface area contributed by atoms with Crippen LogP contribution in [0.5, 0.6) is 0 Å². The Balaban J connectivity index is 2.10. The minimum Gasteiger partial charge on any atom is -0.312 e. The lowest BCUT2D eigenvalue weighted by Crippen LogP contribution is -2.48. The molecule has 0 aromatic heterocycles. The molecule has 17 heavy (non-hydrogen) atoms. The van der Waals surface area contributed by atoms with E-state index in [9.17, 15) is 13.2 Å². The summed E-state index contributed by atoms with van der Waals surface area (Å²) < 4.78 is 39.2. The Labute approximate surface area is 98.4 Å². The molecule has 1 heterocycles. The molecule has 2 rings (SSSR count). The second-order valence-corrected chi connectivity index (χ2v) is 4.45. The molecule has 5 heteroatoms. The fourth-order valence-electron chi connectivity index (χ4n) is 2.08. The van der Waals surface area contributed by atoms with Crippen LogP contribution in [0.2, 0.25) is 0 Å². The van der Waals surface area contributed by atoms with Crippen LogP contribution in [-0.4, -0.2) is 30.6 Å². The normalized spacial score (nSPS) is 21.8. The van der Waals surface area contributed by atoms with Crippen LogP contribution in [-0.2, 0) is 6.54 Å². The van der Waals surface area contributed by atoms with Crippen LogP contribution in [0.15, 0.2) is 12.1 Å². The maximum Gasteiger partial charge on any atom is 0.161 e. The van der Waals surface area contributed by atoms with Crippen molar-refractivity contribution >= 4 is 0 Å². The first-order valence-corrected chi connectivity index (χ1v) is 5.65. The molecule has 0 bridgehead atoms. The van der Waals surface area contributed by atoms with Gasteiger partial charge >= 0.3 is 0 Å². The number of piperazine rings is 1. The van der Waals surface area contributed by atoms with Crippen LogP contribution in [0, 0.1) is 17.5 Å². The molecule has 1 saturated heterocycles. The molecular formula is C12H15F3N2. The molecule has 1 aromatic carbocycles. The number of nitrogens with one attached hydrogen (secondary N) is 1. The second-order valence-electron chi connectivity index (χ2n) is 4.45. The molecular weight excluding hydrogens is 229 g/mol. The maximum atomic E-state index is 13.4. The van der Waals surface area contributed by atoms with Gasteiger partial charge in [-0.05, 0) is 13.0 Å². The Morgan fingerprint density at radius 3 is 2.65 bits per heavy atom. The molecule has 1 atom stereocenters. The fourth-order valence-corrected chi connectivity index (χ4v) is 2.08. The first kappa shape index (κ1) is 12.4. The summed E-state index contributed by atoms with van der Waals surface area (Å²) >= 11 is 0. The van der Waals surface area contributed by atoms with Gasteiger partial charge in [-0.25, -0.2) is 13.2 Å². The highest BCUT2D eigenvalue weighted by molar-refractivity contribution is 5.20. The van der Waals surface area contributed by atoms with E-state index in [0.29, 0.717) is 18.7 Å². The van der Waals surface area contributed by atoms with Gasteiger partial charge in [0.1, 0.15) is 5.82 Å². The average Bonchev–Trinajstić information content (AvgIpc) is 2.26. The summed E-state index contributed by atoms with van der Waals surface area (Å²) in [7, 11) is 0. The molecule has 0 saturated carbocycles. The largest absolute Gasteiger partial charge is 0.312 e. The van der Waals surface area contributed by atoms with Crippen LogP contribution in [0.4, 0.5) is 13.2 Å². The first-order valence-electron chi connectivity index (χ1n) is 5.65. The number of nitrogens with zero attached hydrogens (tertiary/aromatic N) is 1. The molecule has 1 fully saturated rings. The predicted molar refractivity (Wildman–Crippen MR) is 59.1 cm³/mol. The Morgan fingerprint density at radius 2 is 1.94 bits per heavy atom. The lowest BCUT2D eigenvalue weighted by atomic mass is 10.1. The molecule has 1 aliphatic heterocycles. The summed E-state index contributed by atoms with van der Waals surface area (Å²) in [5.74, 6) is -2.82. The van der Waals surface area contributed by atoms with Gasteiger partial charge in [-0.15, -0.1) is 0 Å². The van der Waals surface area contributed by atoms with E-state index in [0.717, 1.165) is 25.7 Å². The summed E-state index contributed by atoms with van der Waals surface area (Å²) in [5.41, 5.74) is 0.206. The third-order valence-electron chi connectivity index (χ3n) is 2.94. The molecule has 0 aliphatic carbocycles. The average molecular weight is 244 g/mol. The van der Waals surface area contributed by atoms with Gasteiger partial charge in [0.15, 0.2) is 11.6 Å². The van der Waals surface area contributed by atoms with Gasteiger partial charge in [0.25, 0.3) is 0 Å². The van der Waals surface area contributed by atoms with Gasteiger partial charge in [-0.2, -0.15) is 0 Å². The van der Waals surface area contributed by atoms with E-state index in [1.54, 1.807) is 0 Å². The highest BCUT2D eigenvalue weighted by Gasteiger charge is 2.18. The molecule has 0 unspecified atom stereocenters. The summed E-state index contributed by atoms with van der Waals surface area (Å²) in [6, 6.07) is 1.88. The summed E-state index contributed by atoms with van der Waals surface area (Å²) in [5, 5.41) is 3.26. The number of halogens is 3. The predicted octanol–water partition coefficient (Wildman–Crippen LogP) is 1.90. The lowest BCUT2D eigenvalue weighted by Gasteiger charge is -2.31. The van der Waals surface area contributed by atoms with Crippen molar-refractivity contribution in [2.45, 2.75) is 19.5 Å². The van der Waals surface area contributed by atoms with E-state index in [-0.39, 0.29) is 5.56 Å². The molecule has 0 radical (unpaired) electrons. The molecule has 0 amide bonds. The number of hydrogen-bond acceptors (Lipinski definition) is 2. The zero-order valence-corrected chi connectivity index (χ0v) is 9.64. The standard InChI is InChI=1S/C12H15F3N2/c1-8-6-17(3-2-16-8)7-9-4-11(14)12(15)5-10(9)13/h4-5,8,16H,2-3,6-7H2,1H3/t8-/m0/s1. The number of benzene rings is 1. The number of rotatable bonds is 2. The molecule has 1 aromatic rings. The molecule has 2 nitrogen and oxygen atoms in total. The summed E-state index contributed by atoms with van der Waals surface area (Å²) in [4.78, 5) is 2.02. The van der Waals surface area contributed by atoms with Crippen LogP contribution in [0.3, 0.4) is 0 Å². The van der Waals surface area contributed by atoms with Crippen molar-refractivity contribution in [3.63, 3.8) is 0 Å². The molecule has 1 aliphatic rings. The molecule has 94 valence electrons. The van der Waals surface area contributed by atoms with E-state index in [1.165, 1.54) is 0 Å². The maximum absolute atomic E-state index is 13.4. The van der Waals surface area contributed by atoms with E-state index in [4.69, 9.17) is 0 Å². The second kappa shape index (κ2) is 5.06. The molecule has 1 N–H and O–H groups in total. The Bertz CT molecular complexity index is 409. The smallest absolute Gasteiger partial charge is 0.161 e. The van der Waals surface area contributed by atoms with E-state index in [2.05, 4.69) is 5.32 Å². The van der Waals surface area contributed by atoms with E-state index < -0.39 is 17.5 Å². The fraction of sp³-hybridized carbons (Fsp3) is 0.500. The minimum absolute atomic E-state index is 0.206.